The van der Waals surface area contributed by atoms with Gasteiger partial charge >= 0.3 is 0 Å². The van der Waals surface area contributed by atoms with Crippen LogP contribution in [0.15, 0.2) is 6.07 Å². The normalized spacial score (nSPS) is 13.0. The molecule has 1 heteroatoms. The lowest BCUT2D eigenvalue weighted by Crippen LogP contribution is -2.04. The van der Waals surface area contributed by atoms with Crippen molar-refractivity contribution in [1.29, 1.82) is 0 Å². The van der Waals surface area contributed by atoms with E-state index in [9.17, 15) is 0 Å². The van der Waals surface area contributed by atoms with Crippen LogP contribution in [0.2, 0.25) is 0 Å². The fourth-order valence-corrected chi connectivity index (χ4v) is 2.39. The van der Waals surface area contributed by atoms with Gasteiger partial charge in [0.1, 0.15) is 0 Å². The maximum Gasteiger partial charge on any atom is 0.00977 e. The fraction of sp³-hybridized carbons (Fsp3) is 0.538. The van der Waals surface area contributed by atoms with Crippen molar-refractivity contribution in [2.24, 2.45) is 0 Å². The minimum Gasteiger partial charge on any atom is -0.0922 e. The number of rotatable bonds is 2. The van der Waals surface area contributed by atoms with E-state index in [0.29, 0.717) is 5.92 Å². The average molecular weight is 255 g/mol. The van der Waals surface area contributed by atoms with Crippen molar-refractivity contribution in [3.63, 3.8) is 0 Å². The van der Waals surface area contributed by atoms with Crippen molar-refractivity contribution in [3.05, 3.63) is 33.9 Å². The van der Waals surface area contributed by atoms with Crippen LogP contribution >= 0.6 is 15.9 Å². The Bertz CT molecular complexity index is 313. The molecule has 1 unspecified atom stereocenters. The Hall–Kier alpha value is -0.300. The first-order valence-corrected chi connectivity index (χ1v) is 6.24. The van der Waals surface area contributed by atoms with E-state index in [4.69, 9.17) is 0 Å². The van der Waals surface area contributed by atoms with Crippen LogP contribution in [0.5, 0.6) is 0 Å². The topological polar surface area (TPSA) is 0 Å². The fourth-order valence-electron chi connectivity index (χ4n) is 2.06. The van der Waals surface area contributed by atoms with Crippen LogP contribution in [0.25, 0.3) is 0 Å². The molecule has 1 rings (SSSR count). The van der Waals surface area contributed by atoms with E-state index in [1.54, 1.807) is 0 Å². The van der Waals surface area contributed by atoms with Gasteiger partial charge in [-0.1, -0.05) is 28.9 Å². The third-order valence-electron chi connectivity index (χ3n) is 3.15. The van der Waals surface area contributed by atoms with E-state index in [1.165, 1.54) is 27.8 Å². The van der Waals surface area contributed by atoms with E-state index in [2.05, 4.69) is 56.6 Å². The summed E-state index contributed by atoms with van der Waals surface area (Å²) in [6.07, 6.45) is 0. The largest absolute Gasteiger partial charge is 0.0922 e. The predicted octanol–water partition coefficient (Wildman–Crippen LogP) is 4.42. The van der Waals surface area contributed by atoms with Gasteiger partial charge in [0.15, 0.2) is 0 Å². The summed E-state index contributed by atoms with van der Waals surface area (Å²) in [5.74, 6) is 0.605. The molecule has 0 aromatic heterocycles. The maximum atomic E-state index is 3.57. The number of hydrogen-bond donors (Lipinski definition) is 0. The monoisotopic (exact) mass is 254 g/mol. The predicted molar refractivity (Wildman–Crippen MR) is 67.6 cm³/mol. The molecule has 0 amide bonds. The van der Waals surface area contributed by atoms with E-state index >= 15 is 0 Å². The second-order valence-electron chi connectivity index (χ2n) is 4.23. The van der Waals surface area contributed by atoms with Gasteiger partial charge in [-0.2, -0.15) is 0 Å². The van der Waals surface area contributed by atoms with Crippen LogP contribution in [0.3, 0.4) is 0 Å². The molecule has 0 spiro atoms. The molecule has 0 nitrogen and oxygen atoms in total. The summed E-state index contributed by atoms with van der Waals surface area (Å²) in [6, 6.07) is 2.29. The van der Waals surface area contributed by atoms with Gasteiger partial charge in [0.05, 0.1) is 0 Å². The molecule has 0 N–H and O–H groups in total. The van der Waals surface area contributed by atoms with Crippen LogP contribution in [-0.2, 0) is 0 Å². The second-order valence-corrected chi connectivity index (χ2v) is 4.88. The van der Waals surface area contributed by atoms with Crippen molar-refractivity contribution in [2.45, 2.75) is 40.5 Å². The molecular formula is C13H19Br. The Labute approximate surface area is 95.9 Å². The zero-order valence-electron chi connectivity index (χ0n) is 9.74. The highest BCUT2D eigenvalue weighted by Gasteiger charge is 2.13. The molecule has 1 atom stereocenters. The highest BCUT2D eigenvalue weighted by Crippen LogP contribution is 2.29. The van der Waals surface area contributed by atoms with Gasteiger partial charge in [-0.3, -0.25) is 0 Å². The standard InChI is InChI=1S/C13H19Br/c1-8-6-9(2)12(5)13(11(8)4)10(3)7-14/h6,10H,7H2,1-5H3. The molecule has 1 aromatic carbocycles. The molecule has 0 heterocycles. The second kappa shape index (κ2) is 4.48. The Morgan fingerprint density at radius 3 is 1.86 bits per heavy atom. The Morgan fingerprint density at radius 2 is 1.50 bits per heavy atom. The average Bonchev–Trinajstić information content (AvgIpc) is 2.15. The van der Waals surface area contributed by atoms with Crippen LogP contribution in [0.4, 0.5) is 0 Å². The molecule has 0 aliphatic heterocycles. The Morgan fingerprint density at radius 1 is 1.07 bits per heavy atom. The van der Waals surface area contributed by atoms with E-state index in [0.717, 1.165) is 5.33 Å². The quantitative estimate of drug-likeness (QED) is 0.686. The smallest absolute Gasteiger partial charge is 0.00977 e. The van der Waals surface area contributed by atoms with Gasteiger partial charge in [0, 0.05) is 5.33 Å². The Balaban J connectivity index is 3.39. The first kappa shape index (κ1) is 11.8. The minimum absolute atomic E-state index is 0.605. The summed E-state index contributed by atoms with van der Waals surface area (Å²) < 4.78 is 0. The minimum atomic E-state index is 0.605. The summed E-state index contributed by atoms with van der Waals surface area (Å²) in [4.78, 5) is 0. The van der Waals surface area contributed by atoms with Gasteiger partial charge in [-0.15, -0.1) is 0 Å². The highest BCUT2D eigenvalue weighted by molar-refractivity contribution is 9.09. The number of halogens is 1. The van der Waals surface area contributed by atoms with Gasteiger partial charge in [-0.25, -0.2) is 0 Å². The number of benzene rings is 1. The summed E-state index contributed by atoms with van der Waals surface area (Å²) in [7, 11) is 0. The lowest BCUT2D eigenvalue weighted by Gasteiger charge is -2.19. The van der Waals surface area contributed by atoms with Crippen molar-refractivity contribution in [2.75, 3.05) is 5.33 Å². The molecule has 0 aliphatic rings. The zero-order valence-corrected chi connectivity index (χ0v) is 11.3. The highest BCUT2D eigenvalue weighted by atomic mass is 79.9. The number of hydrogen-bond acceptors (Lipinski definition) is 0. The van der Waals surface area contributed by atoms with Crippen LogP contribution in [-0.4, -0.2) is 5.33 Å². The van der Waals surface area contributed by atoms with Gasteiger partial charge in [0.2, 0.25) is 0 Å². The summed E-state index contributed by atoms with van der Waals surface area (Å²) in [6.45, 7) is 11.1. The molecule has 14 heavy (non-hydrogen) atoms. The van der Waals surface area contributed by atoms with Crippen molar-refractivity contribution < 1.29 is 0 Å². The SMILES string of the molecule is Cc1cc(C)c(C)c(C(C)CBr)c1C. The van der Waals surface area contributed by atoms with Crippen molar-refractivity contribution in [3.8, 4) is 0 Å². The van der Waals surface area contributed by atoms with Gasteiger partial charge in [0.25, 0.3) is 0 Å². The molecule has 78 valence electrons. The summed E-state index contributed by atoms with van der Waals surface area (Å²) >= 11 is 3.57. The number of aryl methyl sites for hydroxylation is 2. The van der Waals surface area contributed by atoms with Crippen molar-refractivity contribution >= 4 is 15.9 Å². The molecule has 0 saturated heterocycles. The van der Waals surface area contributed by atoms with E-state index < -0.39 is 0 Å². The van der Waals surface area contributed by atoms with Gasteiger partial charge < -0.3 is 0 Å². The molecule has 0 saturated carbocycles. The third kappa shape index (κ3) is 2.03. The summed E-state index contributed by atoms with van der Waals surface area (Å²) in [5, 5.41) is 1.04. The molecule has 0 aliphatic carbocycles. The molecule has 1 aromatic rings. The lowest BCUT2D eigenvalue weighted by atomic mass is 9.88. The maximum absolute atomic E-state index is 3.57. The van der Waals surface area contributed by atoms with Crippen LogP contribution in [0.1, 0.15) is 40.7 Å². The Kier molecular flexibility index (Phi) is 3.77. The zero-order chi connectivity index (χ0) is 10.9. The molecule has 0 fully saturated rings. The van der Waals surface area contributed by atoms with E-state index in [-0.39, 0.29) is 0 Å². The van der Waals surface area contributed by atoms with Crippen molar-refractivity contribution in [1.82, 2.24) is 0 Å². The van der Waals surface area contributed by atoms with E-state index in [1.807, 2.05) is 0 Å². The summed E-state index contributed by atoms with van der Waals surface area (Å²) in [5.41, 5.74) is 7.27. The van der Waals surface area contributed by atoms with Crippen LogP contribution in [0, 0.1) is 27.7 Å². The first-order chi connectivity index (χ1) is 6.49. The van der Waals surface area contributed by atoms with Gasteiger partial charge in [-0.05, 0) is 61.4 Å². The molecular weight excluding hydrogens is 236 g/mol. The number of alkyl halides is 1. The lowest BCUT2D eigenvalue weighted by molar-refractivity contribution is 0.858. The van der Waals surface area contributed by atoms with Crippen LogP contribution < -0.4 is 0 Å². The first-order valence-electron chi connectivity index (χ1n) is 5.12. The third-order valence-corrected chi connectivity index (χ3v) is 4.12. The molecule has 0 bridgehead atoms. The molecule has 0 radical (unpaired) electrons.